The fourth-order valence-electron chi connectivity index (χ4n) is 1.39. The fourth-order valence-corrected chi connectivity index (χ4v) is 1.39. The first kappa shape index (κ1) is 10.2. The second-order valence-corrected chi connectivity index (χ2v) is 4.15. The summed E-state index contributed by atoms with van der Waals surface area (Å²) < 4.78 is 0. The summed E-state index contributed by atoms with van der Waals surface area (Å²) in [7, 11) is 0. The van der Waals surface area contributed by atoms with Crippen LogP contribution in [0.4, 0.5) is 0 Å². The minimum atomic E-state index is -0.846. The molecule has 0 bridgehead atoms. The van der Waals surface area contributed by atoms with E-state index < -0.39 is 5.60 Å². The highest BCUT2D eigenvalue weighted by molar-refractivity contribution is 5.27. The van der Waals surface area contributed by atoms with E-state index in [0.29, 0.717) is 5.92 Å². The first-order valence-corrected chi connectivity index (χ1v) is 4.60. The van der Waals surface area contributed by atoms with E-state index in [2.05, 4.69) is 18.8 Å². The Kier molecular flexibility index (Phi) is 2.71. The first-order valence-electron chi connectivity index (χ1n) is 4.60. The summed E-state index contributed by atoms with van der Waals surface area (Å²) in [4.78, 5) is 4.22. The lowest BCUT2D eigenvalue weighted by molar-refractivity contribution is 0.0725. The monoisotopic (exact) mass is 179 g/mol. The van der Waals surface area contributed by atoms with Crippen LogP contribution < -0.4 is 0 Å². The van der Waals surface area contributed by atoms with Gasteiger partial charge >= 0.3 is 0 Å². The van der Waals surface area contributed by atoms with Crippen molar-refractivity contribution in [2.24, 2.45) is 0 Å². The molecule has 0 aliphatic heterocycles. The number of pyridine rings is 1. The molecule has 1 N–H and O–H groups in total. The summed E-state index contributed by atoms with van der Waals surface area (Å²) >= 11 is 0. The Bertz CT molecular complexity index is 286. The molecule has 0 unspecified atom stereocenters. The summed E-state index contributed by atoms with van der Waals surface area (Å²) in [5.74, 6) is 0.398. The fraction of sp³-hybridized carbons (Fsp3) is 0.545. The van der Waals surface area contributed by atoms with Crippen molar-refractivity contribution < 1.29 is 5.11 Å². The van der Waals surface area contributed by atoms with Gasteiger partial charge in [0.25, 0.3) is 0 Å². The summed E-state index contributed by atoms with van der Waals surface area (Å²) in [6.07, 6.45) is 1.72. The van der Waals surface area contributed by atoms with E-state index in [4.69, 9.17) is 0 Å². The van der Waals surface area contributed by atoms with Gasteiger partial charge in [-0.2, -0.15) is 0 Å². The largest absolute Gasteiger partial charge is 0.384 e. The Balaban J connectivity index is 3.20. The third kappa shape index (κ3) is 2.28. The maximum absolute atomic E-state index is 9.86. The zero-order valence-electron chi connectivity index (χ0n) is 8.70. The van der Waals surface area contributed by atoms with E-state index in [0.717, 1.165) is 11.3 Å². The lowest BCUT2D eigenvalue weighted by atomic mass is 9.93. The highest BCUT2D eigenvalue weighted by Crippen LogP contribution is 2.26. The number of aromatic nitrogens is 1. The maximum Gasteiger partial charge on any atom is 0.101 e. The van der Waals surface area contributed by atoms with E-state index in [1.54, 1.807) is 20.0 Å². The molecule has 1 aromatic heterocycles. The molecule has 1 heterocycles. The smallest absolute Gasteiger partial charge is 0.101 e. The van der Waals surface area contributed by atoms with Crippen LogP contribution in [0.1, 0.15) is 44.9 Å². The predicted octanol–water partition coefficient (Wildman–Crippen LogP) is 2.43. The van der Waals surface area contributed by atoms with Crippen molar-refractivity contribution in [3.05, 3.63) is 29.6 Å². The second-order valence-electron chi connectivity index (χ2n) is 4.15. The molecule has 72 valence electrons. The summed E-state index contributed by atoms with van der Waals surface area (Å²) in [6.45, 7) is 7.74. The van der Waals surface area contributed by atoms with Crippen LogP contribution in [0, 0.1) is 0 Å². The number of hydrogen-bond donors (Lipinski definition) is 1. The molecule has 2 heteroatoms. The highest BCUT2D eigenvalue weighted by atomic mass is 16.3. The zero-order chi connectivity index (χ0) is 10.1. The molecule has 0 aliphatic rings. The van der Waals surface area contributed by atoms with Crippen LogP contribution >= 0.6 is 0 Å². The Hall–Kier alpha value is -0.890. The Morgan fingerprint density at radius 2 is 2.00 bits per heavy atom. The average molecular weight is 179 g/mol. The average Bonchev–Trinajstić information content (AvgIpc) is 2.03. The van der Waals surface area contributed by atoms with Crippen LogP contribution in [0.25, 0.3) is 0 Å². The molecule has 0 atom stereocenters. The number of rotatable bonds is 2. The molecule has 0 amide bonds. The van der Waals surface area contributed by atoms with Crippen LogP contribution in [-0.2, 0) is 5.60 Å². The van der Waals surface area contributed by atoms with Gasteiger partial charge in [-0.15, -0.1) is 0 Å². The molecular formula is C11H17NO. The van der Waals surface area contributed by atoms with Gasteiger partial charge in [-0.1, -0.05) is 19.9 Å². The topological polar surface area (TPSA) is 33.1 Å². The van der Waals surface area contributed by atoms with E-state index in [9.17, 15) is 5.11 Å². The van der Waals surface area contributed by atoms with E-state index in [1.807, 2.05) is 12.1 Å². The third-order valence-electron chi connectivity index (χ3n) is 2.04. The molecule has 0 spiro atoms. The van der Waals surface area contributed by atoms with Gasteiger partial charge < -0.3 is 5.11 Å². The zero-order valence-corrected chi connectivity index (χ0v) is 8.70. The van der Waals surface area contributed by atoms with Gasteiger partial charge in [0.15, 0.2) is 0 Å². The van der Waals surface area contributed by atoms with Gasteiger partial charge in [-0.05, 0) is 31.4 Å². The molecule has 13 heavy (non-hydrogen) atoms. The molecule has 0 fully saturated rings. The summed E-state index contributed by atoms with van der Waals surface area (Å²) in [5, 5.41) is 9.86. The molecule has 0 saturated carbocycles. The second kappa shape index (κ2) is 3.46. The maximum atomic E-state index is 9.86. The number of aliphatic hydroxyl groups is 1. The predicted molar refractivity (Wildman–Crippen MR) is 53.6 cm³/mol. The quantitative estimate of drug-likeness (QED) is 0.756. The van der Waals surface area contributed by atoms with Gasteiger partial charge in [-0.3, -0.25) is 4.98 Å². The summed E-state index contributed by atoms with van der Waals surface area (Å²) in [5.41, 5.74) is 1.06. The van der Waals surface area contributed by atoms with Crippen molar-refractivity contribution in [2.45, 2.75) is 39.2 Å². The van der Waals surface area contributed by atoms with Crippen molar-refractivity contribution >= 4 is 0 Å². The van der Waals surface area contributed by atoms with Crippen molar-refractivity contribution in [1.29, 1.82) is 0 Å². The van der Waals surface area contributed by atoms with Crippen molar-refractivity contribution in [2.75, 3.05) is 0 Å². The van der Waals surface area contributed by atoms with E-state index in [1.165, 1.54) is 0 Å². The van der Waals surface area contributed by atoms with E-state index in [-0.39, 0.29) is 0 Å². The minimum Gasteiger partial charge on any atom is -0.384 e. The van der Waals surface area contributed by atoms with Gasteiger partial charge in [0.05, 0.1) is 5.69 Å². The number of nitrogens with zero attached hydrogens (tertiary/aromatic N) is 1. The standard InChI is InChI=1S/C11H17NO/c1-8(2)9-6-5-7-12-10(9)11(3,4)13/h5-8,13H,1-4H3. The lowest BCUT2D eigenvalue weighted by Gasteiger charge is -2.21. The van der Waals surface area contributed by atoms with E-state index >= 15 is 0 Å². The third-order valence-corrected chi connectivity index (χ3v) is 2.04. The van der Waals surface area contributed by atoms with Crippen molar-refractivity contribution in [1.82, 2.24) is 4.98 Å². The molecule has 0 aromatic carbocycles. The SMILES string of the molecule is CC(C)c1cccnc1C(C)(C)O. The van der Waals surface area contributed by atoms with Crippen molar-refractivity contribution in [3.63, 3.8) is 0 Å². The van der Waals surface area contributed by atoms with Crippen LogP contribution in [0.15, 0.2) is 18.3 Å². The molecule has 2 nitrogen and oxygen atoms in total. The summed E-state index contributed by atoms with van der Waals surface area (Å²) in [6, 6.07) is 3.93. The van der Waals surface area contributed by atoms with Gasteiger partial charge in [0, 0.05) is 6.20 Å². The first-order chi connectivity index (χ1) is 5.93. The molecular weight excluding hydrogens is 162 g/mol. The van der Waals surface area contributed by atoms with Gasteiger partial charge in [0.1, 0.15) is 5.60 Å². The van der Waals surface area contributed by atoms with Crippen LogP contribution in [-0.4, -0.2) is 10.1 Å². The van der Waals surface area contributed by atoms with Gasteiger partial charge in [0.2, 0.25) is 0 Å². The van der Waals surface area contributed by atoms with Crippen LogP contribution in [0.2, 0.25) is 0 Å². The Morgan fingerprint density at radius 1 is 1.38 bits per heavy atom. The highest BCUT2D eigenvalue weighted by Gasteiger charge is 2.22. The van der Waals surface area contributed by atoms with Crippen LogP contribution in [0.3, 0.4) is 0 Å². The van der Waals surface area contributed by atoms with Crippen molar-refractivity contribution in [3.8, 4) is 0 Å². The minimum absolute atomic E-state index is 0.398. The molecule has 0 saturated heterocycles. The normalized spacial score (nSPS) is 12.2. The van der Waals surface area contributed by atoms with Crippen LogP contribution in [0.5, 0.6) is 0 Å². The molecule has 0 aliphatic carbocycles. The molecule has 1 aromatic rings. The van der Waals surface area contributed by atoms with Gasteiger partial charge in [-0.25, -0.2) is 0 Å². The number of hydrogen-bond acceptors (Lipinski definition) is 2. The lowest BCUT2D eigenvalue weighted by Crippen LogP contribution is -2.20. The molecule has 0 radical (unpaired) electrons. The Labute approximate surface area is 79.6 Å². The molecule has 1 rings (SSSR count). The Morgan fingerprint density at radius 3 is 2.38 bits per heavy atom.